The van der Waals surface area contributed by atoms with E-state index < -0.39 is 0 Å². The van der Waals surface area contributed by atoms with Gasteiger partial charge in [0.05, 0.1) is 0 Å². The molecule has 3 N–H and O–H groups in total. The van der Waals surface area contributed by atoms with Crippen molar-refractivity contribution in [2.45, 2.75) is 25.8 Å². The molecule has 0 amide bonds. The number of hydrogen-bond donors (Lipinski definition) is 2. The molecule has 2 nitrogen and oxygen atoms in total. The summed E-state index contributed by atoms with van der Waals surface area (Å²) in [6.07, 6.45) is 6.10. The summed E-state index contributed by atoms with van der Waals surface area (Å²) in [7, 11) is 0. The van der Waals surface area contributed by atoms with Crippen LogP contribution in [0.1, 0.15) is 24.1 Å². The molecule has 4 heteroatoms. The van der Waals surface area contributed by atoms with E-state index in [0.29, 0.717) is 0 Å². The summed E-state index contributed by atoms with van der Waals surface area (Å²) < 4.78 is 0. The van der Waals surface area contributed by atoms with E-state index in [1.165, 1.54) is 29.9 Å². The number of nitrogens with one attached hydrogen (secondary N) is 1. The fraction of sp³-hybridized carbons (Fsp3) is 0.636. The van der Waals surface area contributed by atoms with Gasteiger partial charge in [-0.05, 0) is 42.8 Å². The molecule has 1 heterocycles. The summed E-state index contributed by atoms with van der Waals surface area (Å²) in [5.74, 6) is 1.29. The quantitative estimate of drug-likeness (QED) is 0.691. The highest BCUT2D eigenvalue weighted by atomic mass is 32.2. The Kier molecular flexibility index (Phi) is 6.88. The number of thiophene rings is 1. The summed E-state index contributed by atoms with van der Waals surface area (Å²) in [5.41, 5.74) is 6.71. The van der Waals surface area contributed by atoms with Crippen molar-refractivity contribution in [1.29, 1.82) is 0 Å². The summed E-state index contributed by atoms with van der Waals surface area (Å²) in [5, 5.41) is 5.48. The van der Waals surface area contributed by atoms with Crippen molar-refractivity contribution in [2.24, 2.45) is 0 Å². The first-order valence-corrected chi connectivity index (χ1v) is 7.63. The number of hydrogen-bond acceptors (Lipinski definition) is 4. The van der Waals surface area contributed by atoms with Gasteiger partial charge in [-0.25, -0.2) is 0 Å². The monoisotopic (exact) mass is 244 g/mol. The summed E-state index contributed by atoms with van der Waals surface area (Å²) in [4.78, 5) is 1.26. The minimum Gasteiger partial charge on any atom is -0.398 e. The van der Waals surface area contributed by atoms with Crippen molar-refractivity contribution in [3.8, 4) is 0 Å². The lowest BCUT2D eigenvalue weighted by molar-refractivity contribution is 0.622. The van der Waals surface area contributed by atoms with Gasteiger partial charge < -0.3 is 11.1 Å². The van der Waals surface area contributed by atoms with Gasteiger partial charge in [0.1, 0.15) is 0 Å². The van der Waals surface area contributed by atoms with Crippen LogP contribution in [0.25, 0.3) is 0 Å². The van der Waals surface area contributed by atoms with Crippen LogP contribution in [-0.2, 0) is 6.54 Å². The molecule has 0 aliphatic rings. The topological polar surface area (TPSA) is 38.0 Å². The fourth-order valence-corrected chi connectivity index (χ4v) is 2.63. The van der Waals surface area contributed by atoms with Gasteiger partial charge in [0, 0.05) is 17.1 Å². The van der Waals surface area contributed by atoms with Crippen molar-refractivity contribution in [1.82, 2.24) is 5.32 Å². The lowest BCUT2D eigenvalue weighted by Gasteiger charge is -2.03. The molecular formula is C11H20N2S2. The molecule has 0 radical (unpaired) electrons. The van der Waals surface area contributed by atoms with Gasteiger partial charge in [0.2, 0.25) is 0 Å². The van der Waals surface area contributed by atoms with E-state index in [-0.39, 0.29) is 0 Å². The van der Waals surface area contributed by atoms with E-state index in [9.17, 15) is 0 Å². The predicted octanol–water partition coefficient (Wildman–Crippen LogP) is 2.95. The highest BCUT2D eigenvalue weighted by molar-refractivity contribution is 7.98. The zero-order valence-electron chi connectivity index (χ0n) is 9.29. The smallest absolute Gasteiger partial charge is 0.0468 e. The predicted molar refractivity (Wildman–Crippen MR) is 72.7 cm³/mol. The first-order chi connectivity index (χ1) is 7.34. The van der Waals surface area contributed by atoms with Gasteiger partial charge in [0.25, 0.3) is 0 Å². The normalized spacial score (nSPS) is 10.7. The number of thioether (sulfide) groups is 1. The number of anilines is 1. The largest absolute Gasteiger partial charge is 0.398 e. The van der Waals surface area contributed by atoms with Gasteiger partial charge in [-0.3, -0.25) is 0 Å². The fourth-order valence-electron chi connectivity index (χ4n) is 1.37. The second kappa shape index (κ2) is 8.02. The molecule has 0 aromatic carbocycles. The van der Waals surface area contributed by atoms with Gasteiger partial charge in [-0.1, -0.05) is 6.42 Å². The van der Waals surface area contributed by atoms with Crippen LogP contribution in [0.5, 0.6) is 0 Å². The zero-order valence-corrected chi connectivity index (χ0v) is 10.9. The summed E-state index contributed by atoms with van der Waals surface area (Å²) >= 11 is 3.66. The van der Waals surface area contributed by atoms with Gasteiger partial charge in [-0.2, -0.15) is 11.8 Å². The minimum absolute atomic E-state index is 0.923. The molecule has 15 heavy (non-hydrogen) atoms. The third-order valence-corrected chi connectivity index (χ3v) is 3.90. The Morgan fingerprint density at radius 3 is 2.93 bits per heavy atom. The Labute approximate surface area is 101 Å². The van der Waals surface area contributed by atoms with Crippen molar-refractivity contribution >= 4 is 28.8 Å². The lowest BCUT2D eigenvalue weighted by Crippen LogP contribution is -2.14. The van der Waals surface area contributed by atoms with Crippen LogP contribution in [-0.4, -0.2) is 18.6 Å². The highest BCUT2D eigenvalue weighted by Gasteiger charge is 1.98. The van der Waals surface area contributed by atoms with E-state index >= 15 is 0 Å². The van der Waals surface area contributed by atoms with Crippen LogP contribution in [0.15, 0.2) is 11.4 Å². The standard InChI is InChI=1S/C11H20N2S2/c1-14-7-4-2-3-6-13-9-11-10(12)5-8-15-11/h5,8,13H,2-4,6-7,9,12H2,1H3. The van der Waals surface area contributed by atoms with Crippen LogP contribution >= 0.6 is 23.1 Å². The summed E-state index contributed by atoms with van der Waals surface area (Å²) in [6, 6.07) is 1.97. The number of unbranched alkanes of at least 4 members (excludes halogenated alkanes) is 2. The molecule has 1 rings (SSSR count). The van der Waals surface area contributed by atoms with Crippen LogP contribution in [0.4, 0.5) is 5.69 Å². The van der Waals surface area contributed by atoms with E-state index in [2.05, 4.69) is 11.6 Å². The maximum Gasteiger partial charge on any atom is 0.0468 e. The molecule has 0 fully saturated rings. The molecule has 0 atom stereocenters. The third kappa shape index (κ3) is 5.44. The van der Waals surface area contributed by atoms with Crippen molar-refractivity contribution < 1.29 is 0 Å². The Morgan fingerprint density at radius 2 is 2.27 bits per heavy atom. The molecule has 0 unspecified atom stereocenters. The average molecular weight is 244 g/mol. The first kappa shape index (κ1) is 12.9. The van der Waals surface area contributed by atoms with Crippen LogP contribution < -0.4 is 11.1 Å². The Morgan fingerprint density at radius 1 is 1.40 bits per heavy atom. The minimum atomic E-state index is 0.923. The van der Waals surface area contributed by atoms with E-state index in [1.807, 2.05) is 23.2 Å². The van der Waals surface area contributed by atoms with Crippen LogP contribution in [0.3, 0.4) is 0 Å². The number of nitrogen functional groups attached to an aromatic ring is 1. The zero-order chi connectivity index (χ0) is 10.9. The van der Waals surface area contributed by atoms with Crippen molar-refractivity contribution in [3.05, 3.63) is 16.3 Å². The van der Waals surface area contributed by atoms with Gasteiger partial charge >= 0.3 is 0 Å². The number of nitrogens with two attached hydrogens (primary N) is 1. The maximum absolute atomic E-state index is 5.79. The Hall–Kier alpha value is -0.190. The Balaban J connectivity index is 1.96. The van der Waals surface area contributed by atoms with Crippen LogP contribution in [0.2, 0.25) is 0 Å². The van der Waals surface area contributed by atoms with Crippen molar-refractivity contribution in [3.63, 3.8) is 0 Å². The van der Waals surface area contributed by atoms with Gasteiger partial charge in [-0.15, -0.1) is 11.3 Å². The molecule has 0 aliphatic heterocycles. The molecule has 0 aliphatic carbocycles. The molecule has 0 bridgehead atoms. The van der Waals surface area contributed by atoms with E-state index in [1.54, 1.807) is 11.3 Å². The SMILES string of the molecule is CSCCCCCNCc1sccc1N. The molecule has 0 spiro atoms. The van der Waals surface area contributed by atoms with Gasteiger partial charge in [0.15, 0.2) is 0 Å². The molecule has 1 aromatic heterocycles. The summed E-state index contributed by atoms with van der Waals surface area (Å²) in [6.45, 7) is 2.03. The first-order valence-electron chi connectivity index (χ1n) is 5.36. The molecule has 0 saturated heterocycles. The van der Waals surface area contributed by atoms with Crippen LogP contribution in [0, 0.1) is 0 Å². The number of rotatable bonds is 8. The second-order valence-electron chi connectivity index (χ2n) is 3.53. The van der Waals surface area contributed by atoms with E-state index in [4.69, 9.17) is 5.73 Å². The Bertz CT molecular complexity index is 261. The average Bonchev–Trinajstić information content (AvgIpc) is 2.63. The second-order valence-corrected chi connectivity index (χ2v) is 5.52. The molecule has 0 saturated carbocycles. The maximum atomic E-state index is 5.79. The third-order valence-electron chi connectivity index (χ3n) is 2.27. The van der Waals surface area contributed by atoms with Crippen molar-refractivity contribution in [2.75, 3.05) is 24.3 Å². The molecule has 86 valence electrons. The highest BCUT2D eigenvalue weighted by Crippen LogP contribution is 2.17. The van der Waals surface area contributed by atoms with E-state index in [0.717, 1.165) is 18.8 Å². The molecular weight excluding hydrogens is 224 g/mol. The molecule has 1 aromatic rings. The lowest BCUT2D eigenvalue weighted by atomic mass is 10.2.